The van der Waals surface area contributed by atoms with Crippen molar-refractivity contribution in [1.82, 2.24) is 0 Å². The summed E-state index contributed by atoms with van der Waals surface area (Å²) in [6, 6.07) is 7.23. The Kier molecular flexibility index (Phi) is 3.22. The van der Waals surface area contributed by atoms with E-state index in [1.165, 1.54) is 0 Å². The van der Waals surface area contributed by atoms with E-state index in [0.717, 1.165) is 18.4 Å². The first-order valence-electron chi connectivity index (χ1n) is 5.42. The lowest BCUT2D eigenvalue weighted by Gasteiger charge is -2.29. The Labute approximate surface area is 101 Å². The molecule has 1 aromatic rings. The molecule has 1 N–H and O–H groups in total. The molecule has 0 saturated carbocycles. The monoisotopic (exact) mass is 238 g/mol. The zero-order chi connectivity index (χ0) is 11.6. The van der Waals surface area contributed by atoms with Crippen molar-refractivity contribution in [3.05, 3.63) is 46.7 Å². The fourth-order valence-electron chi connectivity index (χ4n) is 1.83. The number of aliphatic hydroxyl groups is 1. The number of allylic oxidation sites excluding steroid dienone is 1. The Morgan fingerprint density at radius 3 is 2.88 bits per heavy atom. The molecule has 1 heterocycles. The van der Waals surface area contributed by atoms with Crippen LogP contribution in [0.2, 0.25) is 5.02 Å². The minimum Gasteiger partial charge on any atom is -0.495 e. The number of ether oxygens (including phenoxy) is 1. The van der Waals surface area contributed by atoms with E-state index in [1.807, 2.05) is 18.2 Å². The van der Waals surface area contributed by atoms with Crippen molar-refractivity contribution < 1.29 is 9.84 Å². The summed E-state index contributed by atoms with van der Waals surface area (Å²) in [4.78, 5) is 0. The van der Waals surface area contributed by atoms with Crippen LogP contribution in [0.15, 0.2) is 36.1 Å². The van der Waals surface area contributed by atoms with Gasteiger partial charge in [0.25, 0.3) is 0 Å². The fraction of sp³-hybridized carbons (Fsp3) is 0.385. The molecule has 0 aliphatic carbocycles. The number of hydrogen-bond donors (Lipinski definition) is 1. The van der Waals surface area contributed by atoms with E-state index in [-0.39, 0.29) is 0 Å². The van der Waals surface area contributed by atoms with Gasteiger partial charge in [-0.1, -0.05) is 23.7 Å². The van der Waals surface area contributed by atoms with Crippen molar-refractivity contribution in [2.24, 2.45) is 0 Å². The van der Waals surface area contributed by atoms with Crippen LogP contribution in [0.3, 0.4) is 0 Å². The fourth-order valence-corrected chi connectivity index (χ4v) is 2.02. The molecule has 0 amide bonds. The van der Waals surface area contributed by atoms with Gasteiger partial charge in [0.15, 0.2) is 0 Å². The Morgan fingerprint density at radius 1 is 1.44 bits per heavy atom. The summed E-state index contributed by atoms with van der Waals surface area (Å²) in [5.74, 6) is 0.626. The summed E-state index contributed by atoms with van der Waals surface area (Å²) < 4.78 is 5.51. The second kappa shape index (κ2) is 4.48. The molecule has 1 aromatic carbocycles. The van der Waals surface area contributed by atoms with Gasteiger partial charge in [-0.05, 0) is 43.5 Å². The molecule has 2 nitrogen and oxygen atoms in total. The molecule has 1 unspecified atom stereocenters. The van der Waals surface area contributed by atoms with Gasteiger partial charge in [0.05, 0.1) is 6.61 Å². The summed E-state index contributed by atoms with van der Waals surface area (Å²) in [6.07, 6.45) is 3.91. The topological polar surface area (TPSA) is 29.5 Å². The van der Waals surface area contributed by atoms with Crippen LogP contribution in [-0.4, -0.2) is 11.7 Å². The highest BCUT2D eigenvalue weighted by Crippen LogP contribution is 2.33. The lowest BCUT2D eigenvalue weighted by atomic mass is 9.92. The lowest BCUT2D eigenvalue weighted by molar-refractivity contribution is 0.0150. The van der Waals surface area contributed by atoms with Crippen molar-refractivity contribution in [2.45, 2.75) is 25.4 Å². The standard InChI is InChI=1S/C13H15ClO2/c1-13(15,12-7-2-3-8-16-12)10-5-4-6-11(14)9-10/h4-7,9,15H,2-3,8H2,1H3. The molecule has 86 valence electrons. The molecule has 1 atom stereocenters. The molecular formula is C13H15ClO2. The Morgan fingerprint density at radius 2 is 2.25 bits per heavy atom. The molecule has 16 heavy (non-hydrogen) atoms. The van der Waals surface area contributed by atoms with Crippen LogP contribution in [0.25, 0.3) is 0 Å². The van der Waals surface area contributed by atoms with E-state index in [9.17, 15) is 5.11 Å². The Bertz CT molecular complexity index is 410. The van der Waals surface area contributed by atoms with Gasteiger partial charge in [0.1, 0.15) is 11.4 Å². The number of halogens is 1. The minimum absolute atomic E-state index is 0.620. The summed E-state index contributed by atoms with van der Waals surface area (Å²) >= 11 is 5.92. The number of rotatable bonds is 2. The maximum absolute atomic E-state index is 10.5. The van der Waals surface area contributed by atoms with Crippen molar-refractivity contribution in [3.63, 3.8) is 0 Å². The van der Waals surface area contributed by atoms with E-state index < -0.39 is 5.60 Å². The third-order valence-electron chi connectivity index (χ3n) is 2.80. The third-order valence-corrected chi connectivity index (χ3v) is 3.04. The maximum Gasteiger partial charge on any atom is 0.143 e. The zero-order valence-electron chi connectivity index (χ0n) is 9.24. The van der Waals surface area contributed by atoms with Crippen molar-refractivity contribution >= 4 is 11.6 Å². The van der Waals surface area contributed by atoms with Gasteiger partial charge in [-0.15, -0.1) is 0 Å². The van der Waals surface area contributed by atoms with E-state index in [2.05, 4.69) is 0 Å². The molecule has 0 spiro atoms. The first kappa shape index (κ1) is 11.5. The SMILES string of the molecule is CC(O)(C1=CCCCO1)c1cccc(Cl)c1. The van der Waals surface area contributed by atoms with Crippen LogP contribution in [0.4, 0.5) is 0 Å². The average Bonchev–Trinajstić information content (AvgIpc) is 2.30. The normalized spacial score (nSPS) is 19.6. The van der Waals surface area contributed by atoms with Gasteiger partial charge in [0, 0.05) is 5.02 Å². The molecular weight excluding hydrogens is 224 g/mol. The molecule has 0 saturated heterocycles. The van der Waals surface area contributed by atoms with E-state index in [1.54, 1.807) is 19.1 Å². The molecule has 0 radical (unpaired) electrons. The van der Waals surface area contributed by atoms with Gasteiger partial charge in [-0.3, -0.25) is 0 Å². The van der Waals surface area contributed by atoms with Gasteiger partial charge < -0.3 is 9.84 Å². The zero-order valence-corrected chi connectivity index (χ0v) is 10.00. The van der Waals surface area contributed by atoms with Crippen LogP contribution in [-0.2, 0) is 10.3 Å². The van der Waals surface area contributed by atoms with E-state index >= 15 is 0 Å². The summed E-state index contributed by atoms with van der Waals surface area (Å²) in [5, 5.41) is 11.1. The van der Waals surface area contributed by atoms with Crippen molar-refractivity contribution in [1.29, 1.82) is 0 Å². The molecule has 3 heteroatoms. The minimum atomic E-state index is -1.09. The van der Waals surface area contributed by atoms with Crippen LogP contribution in [0.5, 0.6) is 0 Å². The first-order valence-corrected chi connectivity index (χ1v) is 5.80. The van der Waals surface area contributed by atoms with Crippen molar-refractivity contribution in [3.8, 4) is 0 Å². The predicted molar refractivity (Wildman–Crippen MR) is 64.3 cm³/mol. The quantitative estimate of drug-likeness (QED) is 0.857. The second-order valence-electron chi connectivity index (χ2n) is 4.14. The Hall–Kier alpha value is -0.990. The molecule has 0 aromatic heterocycles. The maximum atomic E-state index is 10.5. The van der Waals surface area contributed by atoms with E-state index in [4.69, 9.17) is 16.3 Å². The Balaban J connectivity index is 2.33. The van der Waals surface area contributed by atoms with Gasteiger partial charge in [-0.25, -0.2) is 0 Å². The summed E-state index contributed by atoms with van der Waals surface area (Å²) in [5.41, 5.74) is -0.334. The van der Waals surface area contributed by atoms with Gasteiger partial charge in [0.2, 0.25) is 0 Å². The smallest absolute Gasteiger partial charge is 0.143 e. The number of benzene rings is 1. The third kappa shape index (κ3) is 2.23. The molecule has 1 aliphatic rings. The molecule has 0 fully saturated rings. The molecule has 2 rings (SSSR count). The second-order valence-corrected chi connectivity index (χ2v) is 4.58. The first-order chi connectivity index (χ1) is 7.60. The highest BCUT2D eigenvalue weighted by Gasteiger charge is 2.30. The summed E-state index contributed by atoms with van der Waals surface area (Å²) in [7, 11) is 0. The van der Waals surface area contributed by atoms with Crippen molar-refractivity contribution in [2.75, 3.05) is 6.61 Å². The van der Waals surface area contributed by atoms with E-state index in [0.29, 0.717) is 17.4 Å². The largest absolute Gasteiger partial charge is 0.495 e. The molecule has 0 bridgehead atoms. The van der Waals surface area contributed by atoms with Crippen LogP contribution in [0, 0.1) is 0 Å². The van der Waals surface area contributed by atoms with Crippen LogP contribution in [0.1, 0.15) is 25.3 Å². The summed E-state index contributed by atoms with van der Waals surface area (Å²) in [6.45, 7) is 2.40. The predicted octanol–water partition coefficient (Wildman–Crippen LogP) is 3.24. The van der Waals surface area contributed by atoms with Crippen LogP contribution >= 0.6 is 11.6 Å². The van der Waals surface area contributed by atoms with Gasteiger partial charge in [-0.2, -0.15) is 0 Å². The van der Waals surface area contributed by atoms with Crippen LogP contribution < -0.4 is 0 Å². The van der Waals surface area contributed by atoms with Gasteiger partial charge >= 0.3 is 0 Å². The number of hydrogen-bond acceptors (Lipinski definition) is 2. The molecule has 1 aliphatic heterocycles. The highest BCUT2D eigenvalue weighted by atomic mass is 35.5. The highest BCUT2D eigenvalue weighted by molar-refractivity contribution is 6.30. The average molecular weight is 239 g/mol. The lowest BCUT2D eigenvalue weighted by Crippen LogP contribution is -2.27.